The molecule has 5 N–H and O–H groups in total. The molecule has 0 aromatic carbocycles. The van der Waals surface area contributed by atoms with E-state index in [1.165, 1.54) is 0 Å². The van der Waals surface area contributed by atoms with Gasteiger partial charge in [0.1, 0.15) is 0 Å². The minimum atomic E-state index is -0.683. The molecule has 1 amide bonds. The van der Waals surface area contributed by atoms with Crippen LogP contribution in [0.15, 0.2) is 0 Å². The Balaban J connectivity index is 3.21. The fourth-order valence-corrected chi connectivity index (χ4v) is 0.640. The molecule has 0 aromatic heterocycles. The van der Waals surface area contributed by atoms with Crippen LogP contribution in [0.5, 0.6) is 0 Å². The molecule has 0 heterocycles. The van der Waals surface area contributed by atoms with Crippen molar-refractivity contribution in [2.45, 2.75) is 25.3 Å². The first-order chi connectivity index (χ1) is 4.68. The van der Waals surface area contributed by atoms with E-state index in [1.807, 2.05) is 0 Å². The molecular weight excluding hydrogens is 130 g/mol. The molecule has 0 aliphatic heterocycles. The third-order valence-corrected chi connectivity index (χ3v) is 1.31. The lowest BCUT2D eigenvalue weighted by molar-refractivity contribution is -0.120. The van der Waals surface area contributed by atoms with Crippen LogP contribution in [0.2, 0.25) is 0 Å². The molecule has 0 aliphatic rings. The number of nitrogens with two attached hydrogens (primary N) is 2. The van der Waals surface area contributed by atoms with Gasteiger partial charge in [-0.3, -0.25) is 10.5 Å². The predicted molar refractivity (Wildman–Crippen MR) is 39.0 cm³/mol. The highest BCUT2D eigenvalue weighted by atomic mass is 16.1. The maximum atomic E-state index is 10.2. The number of unbranched alkanes of at least 4 members (excludes halogenated alkanes) is 1. The average molecular weight is 144 g/mol. The van der Waals surface area contributed by atoms with Crippen LogP contribution in [0, 0.1) is 0 Å². The first-order valence-electron chi connectivity index (χ1n) is 3.39. The van der Waals surface area contributed by atoms with Gasteiger partial charge in [0.05, 0.1) is 6.04 Å². The lowest BCUT2D eigenvalue weighted by Gasteiger charge is -2.03. The zero-order chi connectivity index (χ0) is 7.98. The summed E-state index contributed by atoms with van der Waals surface area (Å²) in [4.78, 5) is 10.2. The number of nitrogens with one attached hydrogen (secondary N) is 1. The van der Waals surface area contributed by atoms with E-state index in [0.717, 1.165) is 12.8 Å². The van der Waals surface area contributed by atoms with Gasteiger partial charge in [0.25, 0.3) is 5.91 Å². The van der Waals surface area contributed by atoms with Gasteiger partial charge in [0, 0.05) is 0 Å². The minimum Gasteiger partial charge on any atom is -0.330 e. The number of amides is 1. The summed E-state index contributed by atoms with van der Waals surface area (Å²) in [5.41, 5.74) is 17.1. The summed E-state index contributed by atoms with van der Waals surface area (Å²) in [7, 11) is 0. The van der Waals surface area contributed by atoms with Crippen LogP contribution in [0.1, 0.15) is 19.3 Å². The molecule has 0 saturated heterocycles. The van der Waals surface area contributed by atoms with Crippen LogP contribution >= 0.6 is 0 Å². The summed E-state index contributed by atoms with van der Waals surface area (Å²) in [6.07, 6.45) is 2.29. The number of hydrogen-bond donors (Lipinski definition) is 2. The van der Waals surface area contributed by atoms with Crippen LogP contribution < -0.4 is 17.2 Å². The quantitative estimate of drug-likeness (QED) is 0.497. The van der Waals surface area contributed by atoms with Gasteiger partial charge >= 0.3 is 0 Å². The Morgan fingerprint density at radius 2 is 2.10 bits per heavy atom. The van der Waals surface area contributed by atoms with Crippen molar-refractivity contribution in [1.29, 1.82) is 0 Å². The molecule has 0 unspecified atom stereocenters. The molecule has 0 aromatic rings. The Labute approximate surface area is 60.7 Å². The third-order valence-electron chi connectivity index (χ3n) is 1.31. The van der Waals surface area contributed by atoms with Crippen molar-refractivity contribution >= 4 is 5.91 Å². The number of rotatable bonds is 5. The monoisotopic (exact) mass is 144 g/mol. The summed E-state index contributed by atoms with van der Waals surface area (Å²) in [6, 6.07) is -0.605. The van der Waals surface area contributed by atoms with Gasteiger partial charge in [-0.2, -0.15) is 0 Å². The fourth-order valence-electron chi connectivity index (χ4n) is 0.640. The molecule has 0 saturated carbocycles. The van der Waals surface area contributed by atoms with Crippen molar-refractivity contribution < 1.29 is 4.79 Å². The second-order valence-electron chi connectivity index (χ2n) is 2.26. The number of hydrogen-bond acceptors (Lipinski definition) is 3. The summed E-state index contributed by atoms with van der Waals surface area (Å²) in [5.74, 6) is -0.683. The molecule has 0 fully saturated rings. The minimum absolute atomic E-state index is 0.583. The highest BCUT2D eigenvalue weighted by Gasteiger charge is 2.07. The average Bonchev–Trinajstić information content (AvgIpc) is 1.88. The standard InChI is InChI=1S/C6H14N3O/c7-4-2-1-3-5(8)6(9)10/h5,9H,1-4,7-8H2/t5-/m0/s1. The molecule has 0 spiro atoms. The molecule has 59 valence electrons. The summed E-state index contributed by atoms with van der Waals surface area (Å²) >= 11 is 0. The first kappa shape index (κ1) is 9.39. The maximum Gasteiger partial charge on any atom is 0.255 e. The SMILES string of the molecule is [NH]C(=O)[C@@H](N)CCCCN. The van der Waals surface area contributed by atoms with E-state index in [4.69, 9.17) is 17.2 Å². The van der Waals surface area contributed by atoms with Gasteiger partial charge in [0.15, 0.2) is 0 Å². The summed E-state index contributed by atoms with van der Waals surface area (Å²) < 4.78 is 0. The molecule has 0 bridgehead atoms. The van der Waals surface area contributed by atoms with Crippen LogP contribution in [0.3, 0.4) is 0 Å². The number of carbonyl (C=O) groups excluding carboxylic acids is 1. The normalized spacial score (nSPS) is 13.0. The van der Waals surface area contributed by atoms with Gasteiger partial charge in [-0.25, -0.2) is 0 Å². The maximum absolute atomic E-state index is 10.2. The topological polar surface area (TPSA) is 92.9 Å². The molecule has 0 aliphatic carbocycles. The number of carbonyl (C=O) groups is 1. The largest absolute Gasteiger partial charge is 0.330 e. The summed E-state index contributed by atoms with van der Waals surface area (Å²) in [6.45, 7) is 0.624. The molecule has 1 radical (unpaired) electrons. The van der Waals surface area contributed by atoms with Crippen LogP contribution in [-0.2, 0) is 4.79 Å². The van der Waals surface area contributed by atoms with Crippen molar-refractivity contribution in [3.8, 4) is 0 Å². The van der Waals surface area contributed by atoms with Gasteiger partial charge in [0.2, 0.25) is 0 Å². The van der Waals surface area contributed by atoms with Crippen LogP contribution in [-0.4, -0.2) is 18.5 Å². The van der Waals surface area contributed by atoms with Gasteiger partial charge < -0.3 is 11.5 Å². The predicted octanol–water partition coefficient (Wildman–Crippen LogP) is -0.748. The molecule has 1 atom stereocenters. The molecule has 0 rings (SSSR count). The molecule has 4 nitrogen and oxygen atoms in total. The Hall–Kier alpha value is -0.610. The van der Waals surface area contributed by atoms with Crippen molar-refractivity contribution in [2.24, 2.45) is 11.5 Å². The van der Waals surface area contributed by atoms with Crippen molar-refractivity contribution in [1.82, 2.24) is 5.73 Å². The lowest BCUT2D eigenvalue weighted by Crippen LogP contribution is -2.31. The highest BCUT2D eigenvalue weighted by Crippen LogP contribution is 1.96. The fraction of sp³-hybridized carbons (Fsp3) is 0.833. The molecular formula is C6H14N3O. The van der Waals surface area contributed by atoms with Gasteiger partial charge in [-0.1, -0.05) is 6.42 Å². The smallest absolute Gasteiger partial charge is 0.255 e. The van der Waals surface area contributed by atoms with E-state index in [1.54, 1.807) is 0 Å². The van der Waals surface area contributed by atoms with Crippen LogP contribution in [0.25, 0.3) is 0 Å². The van der Waals surface area contributed by atoms with Gasteiger partial charge in [-0.05, 0) is 19.4 Å². The zero-order valence-corrected chi connectivity index (χ0v) is 5.97. The third kappa shape index (κ3) is 4.29. The van der Waals surface area contributed by atoms with E-state index in [0.29, 0.717) is 13.0 Å². The van der Waals surface area contributed by atoms with E-state index in [2.05, 4.69) is 0 Å². The van der Waals surface area contributed by atoms with Gasteiger partial charge in [-0.15, -0.1) is 0 Å². The second-order valence-corrected chi connectivity index (χ2v) is 2.26. The zero-order valence-electron chi connectivity index (χ0n) is 5.97. The van der Waals surface area contributed by atoms with Crippen molar-refractivity contribution in [3.05, 3.63) is 0 Å². The Kier molecular flexibility index (Phi) is 4.88. The summed E-state index contributed by atoms with van der Waals surface area (Å²) in [5, 5.41) is 0. The molecule has 10 heavy (non-hydrogen) atoms. The Bertz CT molecular complexity index is 105. The lowest BCUT2D eigenvalue weighted by atomic mass is 10.1. The van der Waals surface area contributed by atoms with Crippen LogP contribution in [0.4, 0.5) is 0 Å². The van der Waals surface area contributed by atoms with E-state index < -0.39 is 11.9 Å². The van der Waals surface area contributed by atoms with Crippen molar-refractivity contribution in [2.75, 3.05) is 6.54 Å². The van der Waals surface area contributed by atoms with Crippen molar-refractivity contribution in [3.63, 3.8) is 0 Å². The first-order valence-corrected chi connectivity index (χ1v) is 3.39. The highest BCUT2D eigenvalue weighted by molar-refractivity contribution is 5.78. The van der Waals surface area contributed by atoms with E-state index in [-0.39, 0.29) is 0 Å². The second kappa shape index (κ2) is 5.20. The Morgan fingerprint density at radius 1 is 1.50 bits per heavy atom. The van der Waals surface area contributed by atoms with E-state index >= 15 is 0 Å². The Morgan fingerprint density at radius 3 is 2.50 bits per heavy atom. The van der Waals surface area contributed by atoms with E-state index in [9.17, 15) is 4.79 Å². The molecule has 4 heteroatoms.